The molecule has 0 aliphatic carbocycles. The van der Waals surface area contributed by atoms with E-state index in [2.05, 4.69) is 0 Å². The highest BCUT2D eigenvalue weighted by molar-refractivity contribution is 6.15. The summed E-state index contributed by atoms with van der Waals surface area (Å²) in [6.07, 6.45) is 3.71. The minimum absolute atomic E-state index is 0.176. The number of methoxy groups -OCH3 is 2. The van der Waals surface area contributed by atoms with Crippen molar-refractivity contribution in [3.05, 3.63) is 94.9 Å². The highest BCUT2D eigenvalue weighted by atomic mass is 16.5. The number of hydrogen-bond acceptors (Lipinski definition) is 6. The van der Waals surface area contributed by atoms with E-state index in [4.69, 9.17) is 18.9 Å². The second-order valence-electron chi connectivity index (χ2n) is 8.15. The van der Waals surface area contributed by atoms with Gasteiger partial charge in [-0.1, -0.05) is 12.1 Å². The maximum atomic E-state index is 13.0. The van der Waals surface area contributed by atoms with Gasteiger partial charge >= 0.3 is 5.97 Å². The molecular formula is C28H23NO6. The summed E-state index contributed by atoms with van der Waals surface area (Å²) >= 11 is 0. The van der Waals surface area contributed by atoms with Gasteiger partial charge in [-0.25, -0.2) is 4.79 Å². The highest BCUT2D eigenvalue weighted by Gasteiger charge is 2.28. The van der Waals surface area contributed by atoms with E-state index in [-0.39, 0.29) is 17.5 Å². The van der Waals surface area contributed by atoms with E-state index in [0.29, 0.717) is 29.2 Å². The summed E-state index contributed by atoms with van der Waals surface area (Å²) in [5, 5.41) is 0.967. The van der Waals surface area contributed by atoms with Crippen molar-refractivity contribution in [2.24, 2.45) is 7.05 Å². The van der Waals surface area contributed by atoms with Gasteiger partial charge in [0.15, 0.2) is 5.76 Å². The number of carbonyl (C=O) groups excluding carboxylic acids is 2. The van der Waals surface area contributed by atoms with Gasteiger partial charge in [-0.2, -0.15) is 0 Å². The molecule has 0 spiro atoms. The lowest BCUT2D eigenvalue weighted by Crippen LogP contribution is -2.02. The lowest BCUT2D eigenvalue weighted by molar-refractivity contribution is 0.0600. The predicted octanol–water partition coefficient (Wildman–Crippen LogP) is 5.17. The van der Waals surface area contributed by atoms with Crippen molar-refractivity contribution in [3.63, 3.8) is 0 Å². The molecule has 0 fully saturated rings. The zero-order valence-corrected chi connectivity index (χ0v) is 19.5. The predicted molar refractivity (Wildman–Crippen MR) is 131 cm³/mol. The quantitative estimate of drug-likeness (QED) is 0.287. The van der Waals surface area contributed by atoms with Crippen molar-refractivity contribution in [2.45, 2.75) is 6.61 Å². The Morgan fingerprint density at radius 1 is 1.00 bits per heavy atom. The number of rotatable bonds is 6. The Labute approximate surface area is 202 Å². The number of benzene rings is 3. The van der Waals surface area contributed by atoms with Crippen LogP contribution in [0.25, 0.3) is 17.0 Å². The molecule has 3 aromatic carbocycles. The van der Waals surface area contributed by atoms with Gasteiger partial charge in [-0.3, -0.25) is 4.79 Å². The smallest absolute Gasteiger partial charge is 0.337 e. The number of aromatic nitrogens is 1. The van der Waals surface area contributed by atoms with Crippen LogP contribution in [0.2, 0.25) is 0 Å². The zero-order chi connectivity index (χ0) is 24.5. The van der Waals surface area contributed by atoms with E-state index < -0.39 is 0 Å². The summed E-state index contributed by atoms with van der Waals surface area (Å²) in [5.74, 6) is 1.47. The monoisotopic (exact) mass is 469 g/mol. The minimum Gasteiger partial charge on any atom is -0.497 e. The molecule has 0 radical (unpaired) electrons. The first-order valence-electron chi connectivity index (χ1n) is 11.0. The van der Waals surface area contributed by atoms with Crippen molar-refractivity contribution < 1.29 is 28.5 Å². The van der Waals surface area contributed by atoms with Gasteiger partial charge in [-0.15, -0.1) is 0 Å². The first kappa shape index (κ1) is 22.3. The van der Waals surface area contributed by atoms with E-state index in [0.717, 1.165) is 27.8 Å². The fraction of sp³-hybridized carbons (Fsp3) is 0.143. The van der Waals surface area contributed by atoms with Crippen molar-refractivity contribution in [2.75, 3.05) is 14.2 Å². The maximum Gasteiger partial charge on any atom is 0.337 e. The van der Waals surface area contributed by atoms with Crippen molar-refractivity contribution in [1.29, 1.82) is 0 Å². The number of esters is 1. The third kappa shape index (κ3) is 4.24. The van der Waals surface area contributed by atoms with Crippen LogP contribution in [-0.4, -0.2) is 30.5 Å². The highest BCUT2D eigenvalue weighted by Crippen LogP contribution is 2.36. The Balaban J connectivity index is 1.34. The van der Waals surface area contributed by atoms with Gasteiger partial charge in [0.2, 0.25) is 5.78 Å². The summed E-state index contributed by atoms with van der Waals surface area (Å²) < 4.78 is 23.9. The average Bonchev–Trinajstić information content (AvgIpc) is 3.37. The Hall–Kier alpha value is -4.52. The fourth-order valence-corrected chi connectivity index (χ4v) is 4.06. The number of aryl methyl sites for hydroxylation is 1. The first-order chi connectivity index (χ1) is 17.0. The van der Waals surface area contributed by atoms with Crippen LogP contribution in [0.3, 0.4) is 0 Å². The van der Waals surface area contributed by atoms with Crippen LogP contribution in [-0.2, 0) is 18.4 Å². The molecule has 5 rings (SSSR count). The molecule has 0 saturated carbocycles. The maximum absolute atomic E-state index is 13.0. The number of Topliss-reactive ketones (excluding diaryl/α,β-unsaturated/α-hetero) is 1. The SMILES string of the molecule is COC(=O)c1ccc(COc2ccc3c(c2)OC(=Cc2cn(C)c4ccc(OC)cc24)C3=O)cc1. The molecule has 0 saturated heterocycles. The Kier molecular flexibility index (Phi) is 5.74. The van der Waals surface area contributed by atoms with Crippen LogP contribution in [0.1, 0.15) is 31.8 Å². The summed E-state index contributed by atoms with van der Waals surface area (Å²) in [4.78, 5) is 24.5. The molecule has 0 atom stereocenters. The summed E-state index contributed by atoms with van der Waals surface area (Å²) in [6, 6.07) is 18.0. The van der Waals surface area contributed by atoms with Crippen molar-refractivity contribution >= 4 is 28.7 Å². The van der Waals surface area contributed by atoms with Crippen LogP contribution in [0.4, 0.5) is 0 Å². The molecule has 7 nitrogen and oxygen atoms in total. The van der Waals surface area contributed by atoms with Crippen LogP contribution in [0.15, 0.2) is 72.6 Å². The van der Waals surface area contributed by atoms with Gasteiger partial charge in [0.25, 0.3) is 0 Å². The van der Waals surface area contributed by atoms with Crippen LogP contribution < -0.4 is 14.2 Å². The third-order valence-corrected chi connectivity index (χ3v) is 5.94. The number of ether oxygens (including phenoxy) is 4. The number of carbonyl (C=O) groups is 2. The molecule has 0 unspecified atom stereocenters. The number of allylic oxidation sites excluding steroid dienone is 1. The normalized spacial score (nSPS) is 13.6. The van der Waals surface area contributed by atoms with Crippen LogP contribution >= 0.6 is 0 Å². The van der Waals surface area contributed by atoms with Gasteiger partial charge in [0, 0.05) is 35.8 Å². The van der Waals surface area contributed by atoms with Gasteiger partial charge in [0.1, 0.15) is 23.9 Å². The fourth-order valence-electron chi connectivity index (χ4n) is 4.06. The standard InChI is InChI=1S/C28H23NO6/c1-29-15-19(23-13-20(32-2)9-11-24(23)29)12-26-27(30)22-10-8-21(14-25(22)35-26)34-16-17-4-6-18(7-5-17)28(31)33-3/h4-15H,16H2,1-3H3. The van der Waals surface area contributed by atoms with E-state index in [1.165, 1.54) is 7.11 Å². The number of nitrogens with zero attached hydrogens (tertiary/aromatic N) is 1. The molecule has 0 bridgehead atoms. The van der Waals surface area contributed by atoms with E-state index in [1.807, 2.05) is 36.0 Å². The second-order valence-corrected chi connectivity index (χ2v) is 8.15. The molecule has 1 aromatic heterocycles. The van der Waals surface area contributed by atoms with Crippen LogP contribution in [0.5, 0.6) is 17.2 Å². The van der Waals surface area contributed by atoms with E-state index >= 15 is 0 Å². The Morgan fingerprint density at radius 2 is 1.77 bits per heavy atom. The molecule has 0 amide bonds. The van der Waals surface area contributed by atoms with Gasteiger partial charge in [-0.05, 0) is 54.1 Å². The molecular weight excluding hydrogens is 446 g/mol. The summed E-state index contributed by atoms with van der Waals surface area (Å²) in [6.45, 7) is 0.300. The number of hydrogen-bond donors (Lipinski definition) is 0. The molecule has 1 aliphatic rings. The van der Waals surface area contributed by atoms with E-state index in [9.17, 15) is 9.59 Å². The van der Waals surface area contributed by atoms with Crippen molar-refractivity contribution in [1.82, 2.24) is 4.57 Å². The zero-order valence-electron chi connectivity index (χ0n) is 19.5. The Bertz CT molecular complexity index is 1480. The molecule has 7 heteroatoms. The molecule has 0 N–H and O–H groups in total. The first-order valence-corrected chi connectivity index (χ1v) is 11.0. The topological polar surface area (TPSA) is 76.0 Å². The Morgan fingerprint density at radius 3 is 2.51 bits per heavy atom. The number of ketones is 1. The second kappa shape index (κ2) is 9.02. The molecule has 2 heterocycles. The summed E-state index contributed by atoms with van der Waals surface area (Å²) in [7, 11) is 4.93. The average molecular weight is 469 g/mol. The molecule has 35 heavy (non-hydrogen) atoms. The van der Waals surface area contributed by atoms with Crippen LogP contribution in [0, 0.1) is 0 Å². The van der Waals surface area contributed by atoms with Crippen molar-refractivity contribution in [3.8, 4) is 17.2 Å². The molecule has 4 aromatic rings. The van der Waals surface area contributed by atoms with E-state index in [1.54, 1.807) is 55.7 Å². The minimum atomic E-state index is -0.385. The summed E-state index contributed by atoms with van der Waals surface area (Å²) in [5.41, 5.74) is 3.75. The third-order valence-electron chi connectivity index (χ3n) is 5.94. The molecule has 1 aliphatic heterocycles. The largest absolute Gasteiger partial charge is 0.497 e. The lowest BCUT2D eigenvalue weighted by atomic mass is 10.1. The lowest BCUT2D eigenvalue weighted by Gasteiger charge is -2.08. The number of fused-ring (bicyclic) bond motifs is 2. The van der Waals surface area contributed by atoms with Gasteiger partial charge < -0.3 is 23.5 Å². The molecule has 176 valence electrons. The van der Waals surface area contributed by atoms with Gasteiger partial charge in [0.05, 0.1) is 25.3 Å².